The zero-order chi connectivity index (χ0) is 27.1. The molecule has 0 saturated carbocycles. The molecule has 6 nitrogen and oxygen atoms in total. The number of hydrogen-bond acceptors (Lipinski definition) is 3. The van der Waals surface area contributed by atoms with Gasteiger partial charge in [0.1, 0.15) is 0 Å². The summed E-state index contributed by atoms with van der Waals surface area (Å²) in [7, 11) is 0. The number of nitrogens with one attached hydrogen (secondary N) is 2. The van der Waals surface area contributed by atoms with Crippen LogP contribution < -0.4 is 5.32 Å². The molecule has 3 heterocycles. The van der Waals surface area contributed by atoms with E-state index in [2.05, 4.69) is 10.3 Å². The number of aromatic amines is 1. The SMILES string of the molecule is O=C(c1ccc2c(-c3cccc(C(F)(F)F)c3)c[nH]c2c1)N1CC(N[C@H]2CCN(C(=O)c3ccccc3)C2)C1. The van der Waals surface area contributed by atoms with Crippen molar-refractivity contribution in [3.05, 3.63) is 95.7 Å². The van der Waals surface area contributed by atoms with E-state index in [0.29, 0.717) is 53.9 Å². The minimum atomic E-state index is -4.41. The van der Waals surface area contributed by atoms with Gasteiger partial charge in [0.2, 0.25) is 0 Å². The van der Waals surface area contributed by atoms with Crippen LogP contribution in [0.2, 0.25) is 0 Å². The Morgan fingerprint density at radius 2 is 1.56 bits per heavy atom. The summed E-state index contributed by atoms with van der Waals surface area (Å²) in [6.07, 6.45) is -1.87. The maximum atomic E-state index is 13.2. The monoisotopic (exact) mass is 532 g/mol. The molecule has 2 fully saturated rings. The number of hydrogen-bond donors (Lipinski definition) is 2. The number of alkyl halides is 3. The molecule has 6 rings (SSSR count). The zero-order valence-corrected chi connectivity index (χ0v) is 21.0. The average Bonchev–Trinajstić information content (AvgIpc) is 3.57. The standard InChI is InChI=1S/C30H27F3N4O2/c31-30(32,33)22-8-4-7-20(13-22)26-15-34-27-14-21(9-10-25(26)27)29(39)37-17-24(18-37)35-23-11-12-36(16-23)28(38)19-5-2-1-3-6-19/h1-10,13-15,23-24,34-35H,11-12,16-18H2/t23-/m0/s1. The Morgan fingerprint density at radius 1 is 0.821 bits per heavy atom. The smallest absolute Gasteiger partial charge is 0.361 e. The molecule has 0 spiro atoms. The molecule has 9 heteroatoms. The van der Waals surface area contributed by atoms with Crippen molar-refractivity contribution in [1.82, 2.24) is 20.1 Å². The Labute approximate surface area is 223 Å². The number of carbonyl (C=O) groups excluding carboxylic acids is 2. The highest BCUT2D eigenvalue weighted by molar-refractivity contribution is 6.02. The second-order valence-corrected chi connectivity index (χ2v) is 10.2. The third-order valence-corrected chi connectivity index (χ3v) is 7.57. The van der Waals surface area contributed by atoms with Gasteiger partial charge in [-0.25, -0.2) is 0 Å². The number of rotatable bonds is 5. The van der Waals surface area contributed by atoms with Crippen LogP contribution in [0.5, 0.6) is 0 Å². The van der Waals surface area contributed by atoms with Gasteiger partial charge in [0.15, 0.2) is 0 Å². The predicted molar refractivity (Wildman–Crippen MR) is 142 cm³/mol. The first-order valence-electron chi connectivity index (χ1n) is 12.9. The number of halogens is 3. The molecule has 2 amide bonds. The third-order valence-electron chi connectivity index (χ3n) is 7.57. The Morgan fingerprint density at radius 3 is 2.33 bits per heavy atom. The molecular weight excluding hydrogens is 505 g/mol. The highest BCUT2D eigenvalue weighted by Crippen LogP contribution is 2.35. The molecule has 2 saturated heterocycles. The first kappa shape index (κ1) is 25.2. The van der Waals surface area contributed by atoms with Gasteiger partial charge in [-0.05, 0) is 48.4 Å². The molecule has 39 heavy (non-hydrogen) atoms. The molecule has 2 aliphatic heterocycles. The molecule has 2 aliphatic rings. The van der Waals surface area contributed by atoms with Crippen LogP contribution in [0.25, 0.3) is 22.0 Å². The summed E-state index contributed by atoms with van der Waals surface area (Å²) in [5, 5.41) is 4.33. The Balaban J connectivity index is 1.06. The number of likely N-dealkylation sites (tertiary alicyclic amines) is 2. The van der Waals surface area contributed by atoms with Gasteiger partial charge in [-0.2, -0.15) is 13.2 Å². The number of amides is 2. The van der Waals surface area contributed by atoms with E-state index in [0.717, 1.165) is 23.9 Å². The summed E-state index contributed by atoms with van der Waals surface area (Å²) in [5.74, 6) is -0.0429. The lowest BCUT2D eigenvalue weighted by molar-refractivity contribution is -0.137. The second kappa shape index (κ2) is 9.89. The fourth-order valence-electron chi connectivity index (χ4n) is 5.47. The topological polar surface area (TPSA) is 68.4 Å². The van der Waals surface area contributed by atoms with E-state index in [1.54, 1.807) is 35.4 Å². The van der Waals surface area contributed by atoms with Crippen molar-refractivity contribution in [3.63, 3.8) is 0 Å². The van der Waals surface area contributed by atoms with Gasteiger partial charge in [0, 0.05) is 72.1 Å². The Hall–Kier alpha value is -4.11. The van der Waals surface area contributed by atoms with Crippen LogP contribution in [0.15, 0.2) is 79.0 Å². The van der Waals surface area contributed by atoms with Crippen LogP contribution in [0.3, 0.4) is 0 Å². The van der Waals surface area contributed by atoms with Crippen molar-refractivity contribution in [2.24, 2.45) is 0 Å². The third kappa shape index (κ3) is 5.02. The minimum absolute atomic E-state index is 0.0428. The summed E-state index contributed by atoms with van der Waals surface area (Å²) in [4.78, 5) is 32.5. The van der Waals surface area contributed by atoms with E-state index in [-0.39, 0.29) is 23.9 Å². The Kier molecular flexibility index (Phi) is 6.38. The maximum absolute atomic E-state index is 13.2. The fraction of sp³-hybridized carbons (Fsp3) is 0.267. The lowest BCUT2D eigenvalue weighted by Crippen LogP contribution is -2.62. The van der Waals surface area contributed by atoms with E-state index >= 15 is 0 Å². The van der Waals surface area contributed by atoms with E-state index < -0.39 is 11.7 Å². The first-order chi connectivity index (χ1) is 18.8. The lowest BCUT2D eigenvalue weighted by atomic mass is 10.0. The maximum Gasteiger partial charge on any atom is 0.416 e. The van der Waals surface area contributed by atoms with E-state index in [9.17, 15) is 22.8 Å². The number of nitrogens with zero attached hydrogens (tertiary/aromatic N) is 2. The quantitative estimate of drug-likeness (QED) is 0.372. The van der Waals surface area contributed by atoms with Crippen LogP contribution in [0, 0.1) is 0 Å². The predicted octanol–water partition coefficient (Wildman–Crippen LogP) is 5.18. The van der Waals surface area contributed by atoms with Crippen LogP contribution >= 0.6 is 0 Å². The summed E-state index contributed by atoms with van der Waals surface area (Å²) in [5.41, 5.74) is 2.33. The summed E-state index contributed by atoms with van der Waals surface area (Å²) in [6.45, 7) is 2.52. The van der Waals surface area contributed by atoms with E-state index in [1.807, 2.05) is 35.2 Å². The number of carbonyl (C=O) groups is 2. The molecule has 4 aromatic rings. The van der Waals surface area contributed by atoms with Gasteiger partial charge >= 0.3 is 6.18 Å². The molecule has 2 N–H and O–H groups in total. The van der Waals surface area contributed by atoms with Crippen LogP contribution in [0.4, 0.5) is 13.2 Å². The molecule has 200 valence electrons. The minimum Gasteiger partial charge on any atom is -0.361 e. The number of benzene rings is 3. The van der Waals surface area contributed by atoms with Gasteiger partial charge in [-0.15, -0.1) is 0 Å². The van der Waals surface area contributed by atoms with Gasteiger partial charge < -0.3 is 20.1 Å². The summed E-state index contributed by atoms with van der Waals surface area (Å²) in [6, 6.07) is 20.1. The molecule has 1 atom stereocenters. The van der Waals surface area contributed by atoms with Gasteiger partial charge in [-0.3, -0.25) is 9.59 Å². The van der Waals surface area contributed by atoms with Crippen molar-refractivity contribution >= 4 is 22.7 Å². The first-order valence-corrected chi connectivity index (χ1v) is 12.9. The molecule has 3 aromatic carbocycles. The van der Waals surface area contributed by atoms with Crippen LogP contribution in [-0.2, 0) is 6.18 Å². The highest BCUT2D eigenvalue weighted by Gasteiger charge is 2.35. The largest absolute Gasteiger partial charge is 0.416 e. The van der Waals surface area contributed by atoms with Crippen molar-refractivity contribution in [1.29, 1.82) is 0 Å². The normalized spacial score (nSPS) is 18.0. The van der Waals surface area contributed by atoms with Crippen LogP contribution in [0.1, 0.15) is 32.7 Å². The van der Waals surface area contributed by atoms with Gasteiger partial charge in [-0.1, -0.05) is 36.4 Å². The summed E-state index contributed by atoms with van der Waals surface area (Å²) >= 11 is 0. The second-order valence-electron chi connectivity index (χ2n) is 10.2. The molecule has 0 bridgehead atoms. The zero-order valence-electron chi connectivity index (χ0n) is 21.0. The van der Waals surface area contributed by atoms with Crippen molar-refractivity contribution in [2.75, 3.05) is 26.2 Å². The molecule has 1 aromatic heterocycles. The number of aromatic nitrogens is 1. The van der Waals surface area contributed by atoms with Gasteiger partial charge in [0.05, 0.1) is 5.56 Å². The van der Waals surface area contributed by atoms with E-state index in [1.165, 1.54) is 6.07 Å². The molecule has 0 unspecified atom stereocenters. The van der Waals surface area contributed by atoms with Gasteiger partial charge in [0.25, 0.3) is 11.8 Å². The molecule has 0 aliphatic carbocycles. The molecular formula is C30H27F3N4O2. The van der Waals surface area contributed by atoms with E-state index in [4.69, 9.17) is 0 Å². The van der Waals surface area contributed by atoms with Crippen molar-refractivity contribution < 1.29 is 22.8 Å². The number of fused-ring (bicyclic) bond motifs is 1. The fourth-order valence-corrected chi connectivity index (χ4v) is 5.47. The van der Waals surface area contributed by atoms with Crippen molar-refractivity contribution in [2.45, 2.75) is 24.7 Å². The van der Waals surface area contributed by atoms with Crippen molar-refractivity contribution in [3.8, 4) is 11.1 Å². The number of H-pyrrole nitrogens is 1. The van der Waals surface area contributed by atoms with Crippen LogP contribution in [-0.4, -0.2) is 64.9 Å². The molecule has 0 radical (unpaired) electrons. The highest BCUT2D eigenvalue weighted by atomic mass is 19.4. The summed E-state index contributed by atoms with van der Waals surface area (Å²) < 4.78 is 39.5. The Bertz CT molecular complexity index is 1530. The lowest BCUT2D eigenvalue weighted by Gasteiger charge is -2.41. The average molecular weight is 533 g/mol.